The molecule has 0 bridgehead atoms. The fourth-order valence-electron chi connectivity index (χ4n) is 3.46. The summed E-state index contributed by atoms with van der Waals surface area (Å²) in [7, 11) is 1.55. The minimum Gasteiger partial charge on any atom is -0.493 e. The van der Waals surface area contributed by atoms with Crippen molar-refractivity contribution < 1.29 is 19.1 Å². The van der Waals surface area contributed by atoms with Crippen LogP contribution in [0.4, 0.5) is 4.79 Å². The van der Waals surface area contributed by atoms with Crippen molar-refractivity contribution in [2.24, 2.45) is 0 Å². The van der Waals surface area contributed by atoms with E-state index in [9.17, 15) is 14.9 Å². The molecule has 1 aliphatic heterocycles. The summed E-state index contributed by atoms with van der Waals surface area (Å²) < 4.78 is 11.4. The lowest BCUT2D eigenvalue weighted by Gasteiger charge is -2.13. The summed E-state index contributed by atoms with van der Waals surface area (Å²) in [5, 5.41) is 8.91. The number of carbonyl (C=O) groups is 2. The van der Waals surface area contributed by atoms with Gasteiger partial charge in [-0.2, -0.15) is 5.26 Å². The van der Waals surface area contributed by atoms with E-state index in [-0.39, 0.29) is 17.7 Å². The van der Waals surface area contributed by atoms with Gasteiger partial charge >= 0.3 is 0 Å². The van der Waals surface area contributed by atoms with Gasteiger partial charge in [-0.3, -0.25) is 14.5 Å². The topological polar surface area (TPSA) is 79.6 Å². The normalized spacial score (nSPS) is 14.4. The molecule has 1 fully saturated rings. The van der Waals surface area contributed by atoms with Gasteiger partial charge in [-0.1, -0.05) is 54.1 Å². The average molecular weight is 471 g/mol. The minimum atomic E-state index is -0.388. The lowest BCUT2D eigenvalue weighted by atomic mass is 10.1. The maximum Gasteiger partial charge on any atom is 0.293 e. The first-order valence-electron chi connectivity index (χ1n) is 10.6. The Balaban J connectivity index is 1.49. The van der Waals surface area contributed by atoms with Crippen molar-refractivity contribution in [1.29, 1.82) is 5.26 Å². The third-order valence-corrected chi connectivity index (χ3v) is 6.25. The Morgan fingerprint density at radius 3 is 2.53 bits per heavy atom. The first-order chi connectivity index (χ1) is 16.5. The highest BCUT2D eigenvalue weighted by Gasteiger charge is 2.35. The largest absolute Gasteiger partial charge is 0.493 e. The van der Waals surface area contributed by atoms with Gasteiger partial charge < -0.3 is 9.47 Å². The Labute approximate surface area is 202 Å². The van der Waals surface area contributed by atoms with Crippen LogP contribution in [0, 0.1) is 18.3 Å². The predicted octanol–water partition coefficient (Wildman–Crippen LogP) is 5.69. The van der Waals surface area contributed by atoms with Crippen molar-refractivity contribution in [2.75, 3.05) is 7.11 Å². The molecule has 0 N–H and O–H groups in total. The van der Waals surface area contributed by atoms with Gasteiger partial charge in [0.2, 0.25) is 0 Å². The van der Waals surface area contributed by atoms with E-state index in [1.165, 1.54) is 5.56 Å². The van der Waals surface area contributed by atoms with Gasteiger partial charge in [0.15, 0.2) is 11.5 Å². The highest BCUT2D eigenvalue weighted by atomic mass is 32.2. The average Bonchev–Trinajstić information content (AvgIpc) is 3.11. The van der Waals surface area contributed by atoms with Crippen molar-refractivity contribution in [3.05, 3.63) is 99.5 Å². The number of benzene rings is 3. The number of methoxy groups -OCH3 is 1. The van der Waals surface area contributed by atoms with Gasteiger partial charge in [-0.05, 0) is 59.7 Å². The lowest BCUT2D eigenvalue weighted by Crippen LogP contribution is -2.27. The molecule has 3 aromatic carbocycles. The summed E-state index contributed by atoms with van der Waals surface area (Å²) in [6.07, 6.45) is 1.66. The molecule has 170 valence electrons. The molecule has 7 heteroatoms. The molecule has 0 aromatic heterocycles. The van der Waals surface area contributed by atoms with Crippen molar-refractivity contribution in [1.82, 2.24) is 4.90 Å². The van der Waals surface area contributed by atoms with Gasteiger partial charge in [0, 0.05) is 0 Å². The molecule has 34 heavy (non-hydrogen) atoms. The molecule has 0 spiro atoms. The van der Waals surface area contributed by atoms with Crippen LogP contribution in [0.2, 0.25) is 0 Å². The van der Waals surface area contributed by atoms with Crippen molar-refractivity contribution >= 4 is 29.0 Å². The van der Waals surface area contributed by atoms with E-state index in [1.807, 2.05) is 37.3 Å². The third kappa shape index (κ3) is 5.13. The fraction of sp³-hybridized carbons (Fsp3) is 0.148. The van der Waals surface area contributed by atoms with Gasteiger partial charge in [0.05, 0.1) is 30.2 Å². The zero-order valence-corrected chi connectivity index (χ0v) is 19.6. The summed E-state index contributed by atoms with van der Waals surface area (Å²) in [6.45, 7) is 2.49. The van der Waals surface area contributed by atoms with Gasteiger partial charge in [-0.15, -0.1) is 0 Å². The van der Waals surface area contributed by atoms with Crippen molar-refractivity contribution in [3.63, 3.8) is 0 Å². The number of carbonyl (C=O) groups excluding carboxylic acids is 2. The molecule has 1 saturated heterocycles. The molecule has 0 unspecified atom stereocenters. The second kappa shape index (κ2) is 10.3. The zero-order chi connectivity index (χ0) is 24.1. The molecule has 4 rings (SSSR count). The quantitative estimate of drug-likeness (QED) is 0.413. The number of ether oxygens (including phenoxy) is 2. The van der Waals surface area contributed by atoms with Gasteiger partial charge in [0.1, 0.15) is 6.61 Å². The Morgan fingerprint density at radius 1 is 1.03 bits per heavy atom. The van der Waals surface area contributed by atoms with Crippen LogP contribution in [0.25, 0.3) is 6.08 Å². The van der Waals surface area contributed by atoms with Crippen molar-refractivity contribution in [3.8, 4) is 17.6 Å². The van der Waals surface area contributed by atoms with E-state index in [2.05, 4.69) is 6.07 Å². The molecule has 6 nitrogen and oxygen atoms in total. The Hall–Kier alpha value is -4.02. The van der Waals surface area contributed by atoms with Crippen molar-refractivity contribution in [2.45, 2.75) is 20.1 Å². The number of hydrogen-bond acceptors (Lipinski definition) is 6. The first-order valence-corrected chi connectivity index (χ1v) is 11.4. The number of aryl methyl sites for hydroxylation is 1. The molecule has 1 heterocycles. The van der Waals surface area contributed by atoms with Crippen LogP contribution in [-0.4, -0.2) is 23.2 Å². The van der Waals surface area contributed by atoms with Crippen LogP contribution < -0.4 is 9.47 Å². The summed E-state index contributed by atoms with van der Waals surface area (Å²) >= 11 is 0.879. The summed E-state index contributed by atoms with van der Waals surface area (Å²) in [6, 6.07) is 22.5. The maximum absolute atomic E-state index is 12.9. The zero-order valence-electron chi connectivity index (χ0n) is 18.8. The number of rotatable bonds is 7. The summed E-state index contributed by atoms with van der Waals surface area (Å²) in [5.41, 5.74) is 4.01. The minimum absolute atomic E-state index is 0.0564. The molecule has 0 saturated carbocycles. The molecule has 1 aliphatic rings. The molecule has 0 radical (unpaired) electrons. The van der Waals surface area contributed by atoms with Gasteiger partial charge in [0.25, 0.3) is 11.1 Å². The standard InChI is InChI=1S/C27H22N2O4S/c1-18-7-9-19(10-8-18)17-33-23-12-11-20(13-24(23)32-2)14-25-26(30)29(27(31)34-25)16-22-6-4-3-5-21(22)15-28/h3-14H,16-17H2,1-2H3/b25-14+. The number of thioether (sulfide) groups is 1. The second-order valence-corrected chi connectivity index (χ2v) is 8.71. The number of amides is 2. The summed E-state index contributed by atoms with van der Waals surface area (Å²) in [5.74, 6) is 0.728. The number of nitrogens with zero attached hydrogens (tertiary/aromatic N) is 2. The van der Waals surface area contributed by atoms with Crippen LogP contribution in [-0.2, 0) is 17.9 Å². The van der Waals surface area contributed by atoms with E-state index in [0.717, 1.165) is 22.2 Å². The number of hydrogen-bond donors (Lipinski definition) is 0. The predicted molar refractivity (Wildman–Crippen MR) is 131 cm³/mol. The van der Waals surface area contributed by atoms with Crippen LogP contribution in [0.1, 0.15) is 27.8 Å². The Morgan fingerprint density at radius 2 is 1.79 bits per heavy atom. The highest BCUT2D eigenvalue weighted by molar-refractivity contribution is 8.18. The van der Waals surface area contributed by atoms with E-state index in [0.29, 0.717) is 39.7 Å². The summed E-state index contributed by atoms with van der Waals surface area (Å²) in [4.78, 5) is 26.9. The number of imide groups is 1. The fourth-order valence-corrected chi connectivity index (χ4v) is 4.30. The van der Waals surface area contributed by atoms with E-state index < -0.39 is 0 Å². The lowest BCUT2D eigenvalue weighted by molar-refractivity contribution is -0.123. The van der Waals surface area contributed by atoms with Crippen LogP contribution in [0.15, 0.2) is 71.6 Å². The van der Waals surface area contributed by atoms with E-state index in [1.54, 1.807) is 49.6 Å². The second-order valence-electron chi connectivity index (χ2n) is 7.72. The third-order valence-electron chi connectivity index (χ3n) is 5.34. The molecular weight excluding hydrogens is 448 g/mol. The highest BCUT2D eigenvalue weighted by Crippen LogP contribution is 2.35. The monoisotopic (exact) mass is 470 g/mol. The Kier molecular flexibility index (Phi) is 7.00. The maximum atomic E-state index is 12.9. The van der Waals surface area contributed by atoms with E-state index in [4.69, 9.17) is 9.47 Å². The Bertz CT molecular complexity index is 1310. The molecular formula is C27H22N2O4S. The smallest absolute Gasteiger partial charge is 0.293 e. The molecule has 0 atom stereocenters. The molecule has 2 amide bonds. The SMILES string of the molecule is COc1cc(/C=C2/SC(=O)N(Cc3ccccc3C#N)C2=O)ccc1OCc1ccc(C)cc1. The van der Waals surface area contributed by atoms with Gasteiger partial charge in [-0.25, -0.2) is 0 Å². The van der Waals surface area contributed by atoms with Crippen LogP contribution in [0.3, 0.4) is 0 Å². The number of nitriles is 1. The van der Waals surface area contributed by atoms with E-state index >= 15 is 0 Å². The first kappa shape index (κ1) is 23.1. The van der Waals surface area contributed by atoms with Crippen LogP contribution >= 0.6 is 11.8 Å². The molecule has 3 aromatic rings. The molecule has 0 aliphatic carbocycles. The van der Waals surface area contributed by atoms with Crippen LogP contribution in [0.5, 0.6) is 11.5 Å².